The van der Waals surface area contributed by atoms with Crippen LogP contribution < -0.4 is 0 Å². The van der Waals surface area contributed by atoms with Crippen LogP contribution in [0, 0.1) is 0 Å². The molecule has 0 radical (unpaired) electrons. The molecule has 0 saturated heterocycles. The normalized spacial score (nSPS) is 11.2. The van der Waals surface area contributed by atoms with Crippen molar-refractivity contribution in [2.24, 2.45) is 0 Å². The van der Waals surface area contributed by atoms with E-state index in [2.05, 4.69) is 58.5 Å². The van der Waals surface area contributed by atoms with Crippen molar-refractivity contribution in [2.75, 3.05) is 0 Å². The van der Waals surface area contributed by atoms with Crippen molar-refractivity contribution in [3.8, 4) is 22.3 Å². The maximum absolute atomic E-state index is 10.8. The van der Waals surface area contributed by atoms with Gasteiger partial charge in [0.2, 0.25) is 0 Å². The van der Waals surface area contributed by atoms with E-state index in [0.29, 0.717) is 6.42 Å². The van der Waals surface area contributed by atoms with Gasteiger partial charge in [-0.15, -0.1) is 0 Å². The Balaban J connectivity index is 1.56. The average molecular weight is 392 g/mol. The number of carbonyl (C=O) groups is 1. The number of rotatable bonds is 5. The first kappa shape index (κ1) is 18.1. The summed E-state index contributed by atoms with van der Waals surface area (Å²) in [5.74, 6) is -0.775. The largest absolute Gasteiger partial charge is 0.481 e. The summed E-state index contributed by atoms with van der Waals surface area (Å²) in [6, 6.07) is 25.0. The predicted molar refractivity (Wildman–Crippen MR) is 120 cm³/mol. The lowest BCUT2D eigenvalue weighted by molar-refractivity contribution is -0.136. The maximum atomic E-state index is 10.8. The number of hydrogen-bond donors (Lipinski definition) is 2. The molecule has 0 bridgehead atoms. The van der Waals surface area contributed by atoms with Gasteiger partial charge in [-0.3, -0.25) is 4.79 Å². The lowest BCUT2D eigenvalue weighted by Crippen LogP contribution is -1.97. The molecule has 0 unspecified atom stereocenters. The Morgan fingerprint density at radius 1 is 0.867 bits per heavy atom. The smallest absolute Gasteiger partial charge is 0.303 e. The van der Waals surface area contributed by atoms with Gasteiger partial charge >= 0.3 is 5.97 Å². The van der Waals surface area contributed by atoms with E-state index in [1.165, 1.54) is 16.3 Å². The fourth-order valence-electron chi connectivity index (χ4n) is 3.97. The van der Waals surface area contributed by atoms with E-state index < -0.39 is 5.97 Å². The first-order valence-corrected chi connectivity index (χ1v) is 9.95. The van der Waals surface area contributed by atoms with Gasteiger partial charge in [-0.25, -0.2) is 4.98 Å². The van der Waals surface area contributed by atoms with Gasteiger partial charge in [0.15, 0.2) is 0 Å². The number of benzene rings is 3. The Labute approximate surface area is 173 Å². The molecule has 4 heteroatoms. The number of hydrogen-bond acceptors (Lipinski definition) is 2. The SMILES string of the molecule is O=C(O)CCc1ccc(-c2c[nH]c3ncc(-c4cccc5ccccc45)cc23)cc1. The molecule has 30 heavy (non-hydrogen) atoms. The molecule has 0 amide bonds. The second-order valence-electron chi connectivity index (χ2n) is 7.44. The molecule has 0 spiro atoms. The van der Waals surface area contributed by atoms with Gasteiger partial charge in [-0.2, -0.15) is 0 Å². The highest BCUT2D eigenvalue weighted by Crippen LogP contribution is 2.33. The summed E-state index contributed by atoms with van der Waals surface area (Å²) >= 11 is 0. The minimum absolute atomic E-state index is 0.144. The molecular formula is C26H20N2O2. The first-order valence-electron chi connectivity index (χ1n) is 9.95. The van der Waals surface area contributed by atoms with E-state index in [1.807, 2.05) is 36.7 Å². The molecule has 146 valence electrons. The number of pyridine rings is 1. The third-order valence-electron chi connectivity index (χ3n) is 5.52. The van der Waals surface area contributed by atoms with Crippen LogP contribution in [0.15, 0.2) is 85.2 Å². The summed E-state index contributed by atoms with van der Waals surface area (Å²) in [5, 5.41) is 12.4. The summed E-state index contributed by atoms with van der Waals surface area (Å²) in [4.78, 5) is 18.7. The Morgan fingerprint density at radius 2 is 1.67 bits per heavy atom. The molecule has 5 aromatic rings. The van der Waals surface area contributed by atoms with Crippen molar-refractivity contribution < 1.29 is 9.90 Å². The first-order chi connectivity index (χ1) is 14.7. The number of carboxylic acids is 1. The Hall–Kier alpha value is -3.92. The van der Waals surface area contributed by atoms with Crippen LogP contribution in [0.5, 0.6) is 0 Å². The van der Waals surface area contributed by atoms with Crippen LogP contribution in [0.1, 0.15) is 12.0 Å². The van der Waals surface area contributed by atoms with Crippen LogP contribution in [0.25, 0.3) is 44.1 Å². The van der Waals surface area contributed by atoms with Gasteiger partial charge in [0.05, 0.1) is 0 Å². The minimum atomic E-state index is -0.775. The Kier molecular flexibility index (Phi) is 4.52. The van der Waals surface area contributed by atoms with Crippen molar-refractivity contribution in [1.82, 2.24) is 9.97 Å². The number of aliphatic carboxylic acids is 1. The lowest BCUT2D eigenvalue weighted by Gasteiger charge is -2.08. The highest BCUT2D eigenvalue weighted by molar-refractivity contribution is 6.00. The van der Waals surface area contributed by atoms with Gasteiger partial charge in [-0.05, 0) is 39.9 Å². The zero-order chi connectivity index (χ0) is 20.5. The molecule has 0 saturated carbocycles. The Bertz CT molecular complexity index is 1360. The number of nitrogens with one attached hydrogen (secondary N) is 1. The van der Waals surface area contributed by atoms with Crippen LogP contribution >= 0.6 is 0 Å². The topological polar surface area (TPSA) is 66.0 Å². The molecule has 4 nitrogen and oxygen atoms in total. The summed E-state index contributed by atoms with van der Waals surface area (Å²) in [6.45, 7) is 0. The molecule has 2 N–H and O–H groups in total. The molecule has 0 fully saturated rings. The zero-order valence-corrected chi connectivity index (χ0v) is 16.3. The minimum Gasteiger partial charge on any atom is -0.481 e. The van der Waals surface area contributed by atoms with Crippen molar-refractivity contribution in [3.63, 3.8) is 0 Å². The second kappa shape index (κ2) is 7.48. The van der Waals surface area contributed by atoms with E-state index in [-0.39, 0.29) is 6.42 Å². The van der Waals surface area contributed by atoms with Crippen molar-refractivity contribution >= 4 is 27.8 Å². The maximum Gasteiger partial charge on any atom is 0.303 e. The van der Waals surface area contributed by atoms with Crippen molar-refractivity contribution in [3.05, 3.63) is 90.8 Å². The Morgan fingerprint density at radius 3 is 2.50 bits per heavy atom. The van der Waals surface area contributed by atoms with E-state index >= 15 is 0 Å². The lowest BCUT2D eigenvalue weighted by atomic mass is 9.97. The molecule has 0 atom stereocenters. The van der Waals surface area contributed by atoms with Gasteiger partial charge in [0.1, 0.15) is 5.65 Å². The molecule has 0 aliphatic rings. The number of H-pyrrole nitrogens is 1. The number of fused-ring (bicyclic) bond motifs is 2. The number of nitrogens with zero attached hydrogens (tertiary/aromatic N) is 1. The van der Waals surface area contributed by atoms with Crippen LogP contribution in [0.4, 0.5) is 0 Å². The van der Waals surface area contributed by atoms with E-state index in [4.69, 9.17) is 5.11 Å². The van der Waals surface area contributed by atoms with Crippen LogP contribution in [0.3, 0.4) is 0 Å². The number of carboxylic acid groups (broad SMARTS) is 1. The summed E-state index contributed by atoms with van der Waals surface area (Å²) < 4.78 is 0. The van der Waals surface area contributed by atoms with Crippen molar-refractivity contribution in [2.45, 2.75) is 12.8 Å². The van der Waals surface area contributed by atoms with Crippen LogP contribution in [0.2, 0.25) is 0 Å². The van der Waals surface area contributed by atoms with Gasteiger partial charge in [-0.1, -0.05) is 66.7 Å². The highest BCUT2D eigenvalue weighted by Gasteiger charge is 2.11. The summed E-state index contributed by atoms with van der Waals surface area (Å²) in [5.41, 5.74) is 6.29. The fraction of sp³-hybridized carbons (Fsp3) is 0.0769. The molecule has 5 rings (SSSR count). The molecule has 3 aromatic carbocycles. The third kappa shape index (κ3) is 3.33. The van der Waals surface area contributed by atoms with Crippen LogP contribution in [-0.4, -0.2) is 21.0 Å². The van der Waals surface area contributed by atoms with Gasteiger partial charge in [0, 0.05) is 35.3 Å². The van der Waals surface area contributed by atoms with Gasteiger partial charge < -0.3 is 10.1 Å². The zero-order valence-electron chi connectivity index (χ0n) is 16.3. The molecule has 0 aliphatic carbocycles. The van der Waals surface area contributed by atoms with E-state index in [1.54, 1.807) is 0 Å². The number of aryl methyl sites for hydroxylation is 1. The van der Waals surface area contributed by atoms with E-state index in [9.17, 15) is 4.79 Å². The number of aromatic nitrogens is 2. The number of aromatic amines is 1. The van der Waals surface area contributed by atoms with Crippen molar-refractivity contribution in [1.29, 1.82) is 0 Å². The summed E-state index contributed by atoms with van der Waals surface area (Å²) in [7, 11) is 0. The van der Waals surface area contributed by atoms with E-state index in [0.717, 1.165) is 33.3 Å². The fourth-order valence-corrected chi connectivity index (χ4v) is 3.97. The summed E-state index contributed by atoms with van der Waals surface area (Å²) in [6.07, 6.45) is 4.58. The predicted octanol–water partition coefficient (Wildman–Crippen LogP) is 6.07. The molecule has 2 heterocycles. The highest BCUT2D eigenvalue weighted by atomic mass is 16.4. The third-order valence-corrected chi connectivity index (χ3v) is 5.52. The molecule has 0 aliphatic heterocycles. The average Bonchev–Trinajstić information content (AvgIpc) is 3.21. The van der Waals surface area contributed by atoms with Gasteiger partial charge in [0.25, 0.3) is 0 Å². The second-order valence-corrected chi connectivity index (χ2v) is 7.44. The monoisotopic (exact) mass is 392 g/mol. The standard InChI is InChI=1S/C26H20N2O2/c29-25(30)13-10-17-8-11-19(12-9-17)24-16-28-26-23(24)14-20(15-27-26)22-7-3-5-18-4-1-2-6-21(18)22/h1-9,11-12,14-16H,10,13H2,(H,27,28)(H,29,30). The molecule has 2 aromatic heterocycles. The quantitative estimate of drug-likeness (QED) is 0.382. The molecular weight excluding hydrogens is 372 g/mol. The van der Waals surface area contributed by atoms with Crippen LogP contribution in [-0.2, 0) is 11.2 Å².